The second-order valence-corrected chi connectivity index (χ2v) is 7.87. The van der Waals surface area contributed by atoms with Crippen LogP contribution < -0.4 is 5.32 Å². The third-order valence-electron chi connectivity index (χ3n) is 4.48. The molecule has 24 heavy (non-hydrogen) atoms. The van der Waals surface area contributed by atoms with Crippen molar-refractivity contribution in [2.24, 2.45) is 10.9 Å². The highest BCUT2D eigenvalue weighted by Crippen LogP contribution is 2.16. The largest absolute Gasteiger partial charge is 0.444 e. The van der Waals surface area contributed by atoms with Crippen LogP contribution in [0.3, 0.4) is 0 Å². The summed E-state index contributed by atoms with van der Waals surface area (Å²) in [5, 5.41) is 3.42. The Kier molecular flexibility index (Phi) is 7.84. The number of likely N-dealkylation sites (tertiary alicyclic amines) is 1. The quantitative estimate of drug-likeness (QED) is 0.631. The third-order valence-corrected chi connectivity index (χ3v) is 4.48. The number of rotatable bonds is 4. The lowest BCUT2D eigenvalue weighted by atomic mass is 10.00. The van der Waals surface area contributed by atoms with E-state index in [1.807, 2.05) is 34.7 Å². The Morgan fingerprint density at radius 3 is 2.46 bits per heavy atom. The fourth-order valence-corrected chi connectivity index (χ4v) is 2.65. The molecule has 6 nitrogen and oxygen atoms in total. The maximum Gasteiger partial charge on any atom is 0.410 e. The van der Waals surface area contributed by atoms with Crippen molar-refractivity contribution in [3.05, 3.63) is 0 Å². The van der Waals surface area contributed by atoms with Crippen LogP contribution in [-0.4, -0.2) is 67.2 Å². The standard InChI is InChI=1S/C18H36N4O2/c1-14-9-12-22(13-10-14)16(19-6)20-11-8-15(2)21(7)17(23)24-18(3,4)5/h14-15H,8-13H2,1-7H3,(H,19,20). The van der Waals surface area contributed by atoms with Gasteiger partial charge in [-0.25, -0.2) is 4.79 Å². The summed E-state index contributed by atoms with van der Waals surface area (Å²) in [5.41, 5.74) is -0.462. The van der Waals surface area contributed by atoms with E-state index >= 15 is 0 Å². The van der Waals surface area contributed by atoms with Crippen molar-refractivity contribution in [2.45, 2.75) is 65.5 Å². The molecule has 1 unspecified atom stereocenters. The Bertz CT molecular complexity index is 423. The zero-order valence-electron chi connectivity index (χ0n) is 16.6. The van der Waals surface area contributed by atoms with Crippen LogP contribution >= 0.6 is 0 Å². The van der Waals surface area contributed by atoms with Gasteiger partial charge >= 0.3 is 6.09 Å². The van der Waals surface area contributed by atoms with Gasteiger partial charge in [-0.1, -0.05) is 6.92 Å². The molecule has 1 heterocycles. The monoisotopic (exact) mass is 340 g/mol. The number of nitrogens with one attached hydrogen (secondary N) is 1. The molecule has 1 rings (SSSR count). The van der Waals surface area contributed by atoms with E-state index in [0.29, 0.717) is 0 Å². The number of guanidine groups is 1. The summed E-state index contributed by atoms with van der Waals surface area (Å²) in [6, 6.07) is 0.104. The van der Waals surface area contributed by atoms with Crippen molar-refractivity contribution in [1.82, 2.24) is 15.1 Å². The zero-order chi connectivity index (χ0) is 18.3. The normalized spacial score (nSPS) is 18.3. The SMILES string of the molecule is CN=C(NCCC(C)N(C)C(=O)OC(C)(C)C)N1CCC(C)CC1. The van der Waals surface area contributed by atoms with Crippen LogP contribution in [0.4, 0.5) is 4.79 Å². The lowest BCUT2D eigenvalue weighted by Gasteiger charge is -2.33. The molecule has 140 valence electrons. The highest BCUT2D eigenvalue weighted by atomic mass is 16.6. The number of nitrogens with zero attached hydrogens (tertiary/aromatic N) is 3. The molecule has 0 aromatic heterocycles. The minimum absolute atomic E-state index is 0.104. The first-order chi connectivity index (χ1) is 11.1. The van der Waals surface area contributed by atoms with E-state index in [-0.39, 0.29) is 12.1 Å². The Hall–Kier alpha value is -1.46. The van der Waals surface area contributed by atoms with Crippen molar-refractivity contribution in [2.75, 3.05) is 33.7 Å². The summed E-state index contributed by atoms with van der Waals surface area (Å²) in [6.07, 6.45) is 3.01. The Morgan fingerprint density at radius 1 is 1.38 bits per heavy atom. The van der Waals surface area contributed by atoms with E-state index in [1.54, 1.807) is 11.9 Å². The molecule has 1 saturated heterocycles. The van der Waals surface area contributed by atoms with E-state index in [4.69, 9.17) is 4.74 Å². The Morgan fingerprint density at radius 2 is 1.96 bits per heavy atom. The average molecular weight is 341 g/mol. The maximum absolute atomic E-state index is 12.1. The van der Waals surface area contributed by atoms with Gasteiger partial charge in [-0.15, -0.1) is 0 Å². The second kappa shape index (κ2) is 9.14. The van der Waals surface area contributed by atoms with Crippen LogP contribution in [0.25, 0.3) is 0 Å². The first-order valence-electron chi connectivity index (χ1n) is 9.05. The highest BCUT2D eigenvalue weighted by Gasteiger charge is 2.23. The molecular weight excluding hydrogens is 304 g/mol. The van der Waals surface area contributed by atoms with E-state index in [1.165, 1.54) is 12.8 Å². The van der Waals surface area contributed by atoms with E-state index in [9.17, 15) is 4.79 Å². The molecule has 1 fully saturated rings. The molecule has 1 amide bonds. The second-order valence-electron chi connectivity index (χ2n) is 7.87. The molecular formula is C18H36N4O2. The minimum Gasteiger partial charge on any atom is -0.444 e. The molecule has 1 aliphatic heterocycles. The van der Waals surface area contributed by atoms with Crippen LogP contribution in [-0.2, 0) is 4.74 Å². The third kappa shape index (κ3) is 6.97. The zero-order valence-corrected chi connectivity index (χ0v) is 16.6. The lowest BCUT2D eigenvalue weighted by Crippen LogP contribution is -2.46. The summed E-state index contributed by atoms with van der Waals surface area (Å²) >= 11 is 0. The van der Waals surface area contributed by atoms with Crippen LogP contribution in [0.15, 0.2) is 4.99 Å². The van der Waals surface area contributed by atoms with Gasteiger partial charge in [0.05, 0.1) is 0 Å². The summed E-state index contributed by atoms with van der Waals surface area (Å²) in [7, 11) is 3.62. The van der Waals surface area contributed by atoms with Crippen molar-refractivity contribution in [3.63, 3.8) is 0 Å². The molecule has 1 N–H and O–H groups in total. The first kappa shape index (κ1) is 20.6. The minimum atomic E-state index is -0.462. The predicted octanol–water partition coefficient (Wildman–Crippen LogP) is 2.94. The number of hydrogen-bond acceptors (Lipinski definition) is 3. The summed E-state index contributed by atoms with van der Waals surface area (Å²) in [4.78, 5) is 20.5. The molecule has 0 saturated carbocycles. The number of piperidine rings is 1. The Balaban J connectivity index is 2.38. The van der Waals surface area contributed by atoms with Crippen LogP contribution in [0, 0.1) is 5.92 Å². The van der Waals surface area contributed by atoms with Crippen molar-refractivity contribution < 1.29 is 9.53 Å². The van der Waals surface area contributed by atoms with E-state index in [2.05, 4.69) is 22.1 Å². The number of amides is 1. The van der Waals surface area contributed by atoms with Gasteiger partial charge < -0.3 is 19.9 Å². The van der Waals surface area contributed by atoms with Gasteiger partial charge in [-0.3, -0.25) is 4.99 Å². The predicted molar refractivity (Wildman–Crippen MR) is 99.4 cm³/mol. The lowest BCUT2D eigenvalue weighted by molar-refractivity contribution is 0.0230. The molecule has 0 bridgehead atoms. The van der Waals surface area contributed by atoms with Crippen molar-refractivity contribution in [1.29, 1.82) is 0 Å². The first-order valence-corrected chi connectivity index (χ1v) is 9.05. The van der Waals surface area contributed by atoms with Crippen molar-refractivity contribution >= 4 is 12.1 Å². The van der Waals surface area contributed by atoms with Crippen LogP contribution in [0.2, 0.25) is 0 Å². The number of carbonyl (C=O) groups excluding carboxylic acids is 1. The summed E-state index contributed by atoms with van der Waals surface area (Å²) in [5.74, 6) is 1.77. The fraction of sp³-hybridized carbons (Fsp3) is 0.889. The van der Waals surface area contributed by atoms with Gasteiger partial charge in [0.15, 0.2) is 5.96 Å². The molecule has 1 atom stereocenters. The van der Waals surface area contributed by atoms with E-state index in [0.717, 1.165) is 37.9 Å². The average Bonchev–Trinajstić information content (AvgIpc) is 2.50. The van der Waals surface area contributed by atoms with E-state index < -0.39 is 5.60 Å². The smallest absolute Gasteiger partial charge is 0.410 e. The molecule has 1 aliphatic rings. The van der Waals surface area contributed by atoms with Gasteiger partial charge in [0.1, 0.15) is 5.60 Å². The molecule has 0 radical (unpaired) electrons. The van der Waals surface area contributed by atoms with Gasteiger partial charge in [-0.05, 0) is 52.9 Å². The van der Waals surface area contributed by atoms with Gasteiger partial charge in [0.25, 0.3) is 0 Å². The molecule has 0 aromatic rings. The fourth-order valence-electron chi connectivity index (χ4n) is 2.65. The highest BCUT2D eigenvalue weighted by molar-refractivity contribution is 5.79. The van der Waals surface area contributed by atoms with Crippen LogP contribution in [0.5, 0.6) is 0 Å². The number of hydrogen-bond donors (Lipinski definition) is 1. The van der Waals surface area contributed by atoms with Gasteiger partial charge in [0.2, 0.25) is 0 Å². The molecule has 6 heteroatoms. The van der Waals surface area contributed by atoms with Crippen molar-refractivity contribution in [3.8, 4) is 0 Å². The molecule has 0 aromatic carbocycles. The molecule has 0 aliphatic carbocycles. The summed E-state index contributed by atoms with van der Waals surface area (Å²) < 4.78 is 5.41. The number of carbonyl (C=O) groups is 1. The van der Waals surface area contributed by atoms with Gasteiger partial charge in [-0.2, -0.15) is 0 Å². The molecule has 0 spiro atoms. The van der Waals surface area contributed by atoms with Gasteiger partial charge in [0, 0.05) is 39.8 Å². The summed E-state index contributed by atoms with van der Waals surface area (Å²) in [6.45, 7) is 12.9. The number of aliphatic imine (C=N–C) groups is 1. The maximum atomic E-state index is 12.1. The number of ether oxygens (including phenoxy) is 1. The van der Waals surface area contributed by atoms with Crippen LogP contribution in [0.1, 0.15) is 53.9 Å². The topological polar surface area (TPSA) is 57.2 Å². The Labute approximate surface area is 147 Å².